The minimum absolute atomic E-state index is 0.595. The minimum atomic E-state index is 0.595. The number of hydrogen-bond acceptors (Lipinski definition) is 0. The maximum absolute atomic E-state index is 3.97. The number of hydrogen-bond donors (Lipinski definition) is 0. The van der Waals surface area contributed by atoms with E-state index in [1.54, 1.807) is 0 Å². The lowest BCUT2D eigenvalue weighted by molar-refractivity contribution is 0.643. The molecule has 1 aliphatic rings. The van der Waals surface area contributed by atoms with Gasteiger partial charge in [0.05, 0.1) is 0 Å². The Bertz CT molecular complexity index is 82.0. The molecule has 0 saturated carbocycles. The molecule has 0 amide bonds. The predicted molar refractivity (Wildman–Crippen MR) is 36.5 cm³/mol. The Morgan fingerprint density at radius 1 is 1.38 bits per heavy atom. The van der Waals surface area contributed by atoms with Crippen LogP contribution in [-0.2, 0) is 0 Å². The SMILES string of the molecule is [CH2]C1C=CCCCC1. The lowest BCUT2D eigenvalue weighted by Gasteiger charge is -1.98. The summed E-state index contributed by atoms with van der Waals surface area (Å²) in [5.41, 5.74) is 0. The van der Waals surface area contributed by atoms with E-state index in [0.717, 1.165) is 0 Å². The van der Waals surface area contributed by atoms with Crippen molar-refractivity contribution >= 4 is 0 Å². The molecule has 0 heteroatoms. The summed E-state index contributed by atoms with van der Waals surface area (Å²) in [5.74, 6) is 0.595. The molecule has 45 valence electrons. The summed E-state index contributed by atoms with van der Waals surface area (Å²) in [7, 11) is 0. The summed E-state index contributed by atoms with van der Waals surface area (Å²) >= 11 is 0. The monoisotopic (exact) mass is 109 g/mol. The van der Waals surface area contributed by atoms with Crippen LogP contribution in [0.3, 0.4) is 0 Å². The van der Waals surface area contributed by atoms with Gasteiger partial charge in [-0.15, -0.1) is 0 Å². The molecule has 0 heterocycles. The van der Waals surface area contributed by atoms with E-state index >= 15 is 0 Å². The predicted octanol–water partition coefficient (Wildman–Crippen LogP) is 2.57. The zero-order chi connectivity index (χ0) is 5.82. The van der Waals surface area contributed by atoms with Crippen LogP contribution in [0, 0.1) is 12.8 Å². The molecule has 1 unspecified atom stereocenters. The van der Waals surface area contributed by atoms with Gasteiger partial charge in [0.2, 0.25) is 0 Å². The molecule has 0 aromatic rings. The summed E-state index contributed by atoms with van der Waals surface area (Å²) in [6, 6.07) is 0. The van der Waals surface area contributed by atoms with Crippen LogP contribution in [0.2, 0.25) is 0 Å². The highest BCUT2D eigenvalue weighted by atomic mass is 14.0. The Hall–Kier alpha value is -0.260. The van der Waals surface area contributed by atoms with Crippen LogP contribution in [0.15, 0.2) is 12.2 Å². The molecule has 0 spiro atoms. The summed E-state index contributed by atoms with van der Waals surface area (Å²) in [4.78, 5) is 0. The van der Waals surface area contributed by atoms with Crippen molar-refractivity contribution in [3.8, 4) is 0 Å². The quantitative estimate of drug-likeness (QED) is 0.419. The van der Waals surface area contributed by atoms with Gasteiger partial charge in [0.25, 0.3) is 0 Å². The molecular formula is C8H13. The second kappa shape index (κ2) is 2.91. The van der Waals surface area contributed by atoms with Gasteiger partial charge in [0, 0.05) is 0 Å². The van der Waals surface area contributed by atoms with E-state index in [-0.39, 0.29) is 0 Å². The third kappa shape index (κ3) is 1.69. The second-order valence-electron chi connectivity index (χ2n) is 2.47. The average molecular weight is 109 g/mol. The van der Waals surface area contributed by atoms with Crippen molar-refractivity contribution in [1.29, 1.82) is 0 Å². The largest absolute Gasteiger partial charge is 0.0883 e. The van der Waals surface area contributed by atoms with Crippen LogP contribution in [0.4, 0.5) is 0 Å². The topological polar surface area (TPSA) is 0 Å². The first kappa shape index (κ1) is 5.87. The highest BCUT2D eigenvalue weighted by molar-refractivity contribution is 4.91. The van der Waals surface area contributed by atoms with Crippen molar-refractivity contribution in [2.24, 2.45) is 5.92 Å². The Balaban J connectivity index is 2.33. The molecule has 1 rings (SSSR count). The Labute approximate surface area is 51.6 Å². The molecule has 0 bridgehead atoms. The maximum atomic E-state index is 3.97. The van der Waals surface area contributed by atoms with E-state index in [9.17, 15) is 0 Å². The normalized spacial score (nSPS) is 29.9. The van der Waals surface area contributed by atoms with Crippen molar-refractivity contribution in [3.63, 3.8) is 0 Å². The molecule has 1 radical (unpaired) electrons. The fourth-order valence-electron chi connectivity index (χ4n) is 1.05. The molecule has 1 aliphatic carbocycles. The van der Waals surface area contributed by atoms with Crippen molar-refractivity contribution in [3.05, 3.63) is 19.1 Å². The molecule has 0 aliphatic heterocycles. The van der Waals surface area contributed by atoms with E-state index < -0.39 is 0 Å². The molecule has 0 saturated heterocycles. The molecule has 0 aromatic carbocycles. The van der Waals surface area contributed by atoms with E-state index in [1.807, 2.05) is 0 Å². The summed E-state index contributed by atoms with van der Waals surface area (Å²) in [6.45, 7) is 3.97. The van der Waals surface area contributed by atoms with Crippen molar-refractivity contribution < 1.29 is 0 Å². The van der Waals surface area contributed by atoms with Gasteiger partial charge >= 0.3 is 0 Å². The highest BCUT2D eigenvalue weighted by Gasteiger charge is 1.98. The third-order valence-electron chi connectivity index (χ3n) is 1.60. The first-order chi connectivity index (χ1) is 3.89. The van der Waals surface area contributed by atoms with Crippen molar-refractivity contribution in [2.75, 3.05) is 0 Å². The fourth-order valence-corrected chi connectivity index (χ4v) is 1.05. The lowest BCUT2D eigenvalue weighted by atomic mass is 10.1. The average Bonchev–Trinajstić information content (AvgIpc) is 1.94. The molecule has 0 N–H and O–H groups in total. The second-order valence-corrected chi connectivity index (χ2v) is 2.47. The van der Waals surface area contributed by atoms with Crippen LogP contribution in [0.5, 0.6) is 0 Å². The van der Waals surface area contributed by atoms with Gasteiger partial charge in [0.1, 0.15) is 0 Å². The summed E-state index contributed by atoms with van der Waals surface area (Å²) in [6.07, 6.45) is 9.77. The Kier molecular flexibility index (Phi) is 2.13. The first-order valence-electron chi connectivity index (χ1n) is 3.39. The molecule has 1 atom stereocenters. The maximum Gasteiger partial charge on any atom is -0.0233 e. The molecule has 0 fully saturated rings. The van der Waals surface area contributed by atoms with Crippen molar-refractivity contribution in [2.45, 2.75) is 25.7 Å². The lowest BCUT2D eigenvalue weighted by Crippen LogP contribution is -1.85. The van der Waals surface area contributed by atoms with E-state index in [0.29, 0.717) is 5.92 Å². The Morgan fingerprint density at radius 3 is 3.12 bits per heavy atom. The first-order valence-corrected chi connectivity index (χ1v) is 3.39. The minimum Gasteiger partial charge on any atom is -0.0883 e. The van der Waals surface area contributed by atoms with Crippen LogP contribution in [0.25, 0.3) is 0 Å². The third-order valence-corrected chi connectivity index (χ3v) is 1.60. The molecular weight excluding hydrogens is 96.1 g/mol. The van der Waals surface area contributed by atoms with Gasteiger partial charge in [-0.25, -0.2) is 0 Å². The van der Waals surface area contributed by atoms with Gasteiger partial charge in [-0.05, 0) is 32.1 Å². The zero-order valence-corrected chi connectivity index (χ0v) is 5.27. The number of allylic oxidation sites excluding steroid dienone is 2. The van der Waals surface area contributed by atoms with Crippen LogP contribution in [-0.4, -0.2) is 0 Å². The summed E-state index contributed by atoms with van der Waals surface area (Å²) < 4.78 is 0. The molecule has 0 aromatic heterocycles. The molecule has 8 heavy (non-hydrogen) atoms. The fraction of sp³-hybridized carbons (Fsp3) is 0.625. The van der Waals surface area contributed by atoms with Crippen LogP contribution >= 0.6 is 0 Å². The van der Waals surface area contributed by atoms with Crippen LogP contribution < -0.4 is 0 Å². The molecule has 0 nitrogen and oxygen atoms in total. The standard InChI is InChI=1S/C8H13/c1-8-6-4-2-3-5-7-8/h4,6,8H,1-3,5,7H2. The summed E-state index contributed by atoms with van der Waals surface area (Å²) in [5, 5.41) is 0. The highest BCUT2D eigenvalue weighted by Crippen LogP contribution is 2.14. The van der Waals surface area contributed by atoms with Crippen molar-refractivity contribution in [1.82, 2.24) is 0 Å². The zero-order valence-electron chi connectivity index (χ0n) is 5.27. The van der Waals surface area contributed by atoms with Gasteiger partial charge < -0.3 is 0 Å². The number of rotatable bonds is 0. The van der Waals surface area contributed by atoms with Gasteiger partial charge in [-0.2, -0.15) is 0 Å². The van der Waals surface area contributed by atoms with E-state index in [2.05, 4.69) is 19.1 Å². The van der Waals surface area contributed by atoms with Gasteiger partial charge in [-0.1, -0.05) is 18.6 Å². The smallest absolute Gasteiger partial charge is 0.0233 e. The van der Waals surface area contributed by atoms with Gasteiger partial charge in [-0.3, -0.25) is 0 Å². The van der Waals surface area contributed by atoms with E-state index in [1.165, 1.54) is 25.7 Å². The van der Waals surface area contributed by atoms with E-state index in [4.69, 9.17) is 0 Å². The Morgan fingerprint density at radius 2 is 2.25 bits per heavy atom. The van der Waals surface area contributed by atoms with Gasteiger partial charge in [0.15, 0.2) is 0 Å². The van der Waals surface area contributed by atoms with Crippen LogP contribution in [0.1, 0.15) is 25.7 Å².